The summed E-state index contributed by atoms with van der Waals surface area (Å²) in [6.07, 6.45) is 0. The molecule has 0 spiro atoms. The molecule has 0 aliphatic carbocycles. The van der Waals surface area contributed by atoms with Gasteiger partial charge >= 0.3 is 0 Å². The van der Waals surface area contributed by atoms with Crippen molar-refractivity contribution < 1.29 is 15.3 Å². The molecule has 76 valence electrons. The second-order valence-electron chi connectivity index (χ2n) is 3.19. The lowest BCUT2D eigenvalue weighted by Gasteiger charge is -2.08. The van der Waals surface area contributed by atoms with Crippen LogP contribution in [0.15, 0.2) is 42.5 Å². The van der Waals surface area contributed by atoms with Crippen LogP contribution in [0.1, 0.15) is 0 Å². The molecule has 2 rings (SSSR count). The van der Waals surface area contributed by atoms with Gasteiger partial charge in [-0.05, 0) is 18.2 Å². The summed E-state index contributed by atoms with van der Waals surface area (Å²) in [5.41, 5.74) is 0.656. The summed E-state index contributed by atoms with van der Waals surface area (Å²) < 4.78 is 0. The quantitative estimate of drug-likeness (QED) is 0.665. The molecule has 0 heterocycles. The predicted octanol–water partition coefficient (Wildman–Crippen LogP) is 2.47. The van der Waals surface area contributed by atoms with Gasteiger partial charge in [-0.15, -0.1) is 0 Å². The third kappa shape index (κ3) is 1.59. The Kier molecular flexibility index (Phi) is 2.21. The Bertz CT molecular complexity index is 472. The van der Waals surface area contributed by atoms with Gasteiger partial charge in [0, 0.05) is 5.56 Å². The first-order valence-electron chi connectivity index (χ1n) is 4.49. The van der Waals surface area contributed by atoms with Crippen LogP contribution in [0.4, 0.5) is 0 Å². The summed E-state index contributed by atoms with van der Waals surface area (Å²) in [4.78, 5) is 0. The maximum atomic E-state index is 9.60. The van der Waals surface area contributed by atoms with Crippen LogP contribution in [-0.4, -0.2) is 15.3 Å². The monoisotopic (exact) mass is 202 g/mol. The van der Waals surface area contributed by atoms with Crippen LogP contribution in [0.2, 0.25) is 0 Å². The summed E-state index contributed by atoms with van der Waals surface area (Å²) in [6, 6.07) is 11.0. The fraction of sp³-hybridized carbons (Fsp3) is 0. The maximum Gasteiger partial charge on any atom is 0.127 e. The fourth-order valence-corrected chi connectivity index (χ4v) is 1.49. The minimum atomic E-state index is -0.0588. The summed E-state index contributed by atoms with van der Waals surface area (Å²) in [7, 11) is 0. The van der Waals surface area contributed by atoms with E-state index >= 15 is 0 Å². The van der Waals surface area contributed by atoms with Crippen molar-refractivity contribution in [3.8, 4) is 28.4 Å². The van der Waals surface area contributed by atoms with Crippen LogP contribution in [-0.2, 0) is 0 Å². The molecule has 0 saturated carbocycles. The molecule has 0 fully saturated rings. The second kappa shape index (κ2) is 3.53. The third-order valence-corrected chi connectivity index (χ3v) is 2.19. The van der Waals surface area contributed by atoms with Crippen LogP contribution < -0.4 is 0 Å². The third-order valence-electron chi connectivity index (χ3n) is 2.19. The lowest BCUT2D eigenvalue weighted by atomic mass is 10.0. The molecule has 0 bridgehead atoms. The van der Waals surface area contributed by atoms with Crippen LogP contribution in [0.3, 0.4) is 0 Å². The Balaban J connectivity index is 2.69. The first kappa shape index (κ1) is 9.40. The maximum absolute atomic E-state index is 9.60. The zero-order valence-corrected chi connectivity index (χ0v) is 7.88. The average molecular weight is 202 g/mol. The van der Waals surface area contributed by atoms with Crippen molar-refractivity contribution in [2.45, 2.75) is 0 Å². The molecule has 0 aliphatic heterocycles. The Hall–Kier alpha value is -2.16. The fourth-order valence-electron chi connectivity index (χ4n) is 1.49. The van der Waals surface area contributed by atoms with E-state index in [1.165, 1.54) is 24.3 Å². The van der Waals surface area contributed by atoms with Gasteiger partial charge in [0.1, 0.15) is 17.2 Å². The van der Waals surface area contributed by atoms with Gasteiger partial charge in [-0.25, -0.2) is 0 Å². The van der Waals surface area contributed by atoms with Crippen LogP contribution in [0.25, 0.3) is 11.1 Å². The molecule has 0 unspecified atom stereocenters. The highest BCUT2D eigenvalue weighted by Gasteiger charge is 2.12. The molecular weight excluding hydrogens is 192 g/mol. The molecule has 0 atom stereocenters. The molecule has 3 nitrogen and oxygen atoms in total. The molecule has 0 aromatic heterocycles. The molecule has 2 aromatic rings. The van der Waals surface area contributed by atoms with Gasteiger partial charge in [0.15, 0.2) is 0 Å². The number of benzene rings is 2. The van der Waals surface area contributed by atoms with E-state index in [-0.39, 0.29) is 22.8 Å². The normalized spacial score (nSPS) is 10.1. The molecule has 3 N–H and O–H groups in total. The Labute approximate surface area is 86.9 Å². The van der Waals surface area contributed by atoms with Crippen molar-refractivity contribution in [1.82, 2.24) is 0 Å². The van der Waals surface area contributed by atoms with Gasteiger partial charge < -0.3 is 15.3 Å². The molecule has 2 aromatic carbocycles. The molecule has 3 heteroatoms. The van der Waals surface area contributed by atoms with Gasteiger partial charge in [0.05, 0.1) is 5.56 Å². The van der Waals surface area contributed by atoms with E-state index < -0.39 is 0 Å². The zero-order valence-electron chi connectivity index (χ0n) is 7.88. The highest BCUT2D eigenvalue weighted by molar-refractivity contribution is 5.80. The van der Waals surface area contributed by atoms with Crippen LogP contribution >= 0.6 is 0 Å². The molecular formula is C12H10O3. The van der Waals surface area contributed by atoms with Crippen molar-refractivity contribution in [3.05, 3.63) is 42.5 Å². The number of para-hydroxylation sites is 1. The minimum absolute atomic E-state index is 0.0225. The Morgan fingerprint density at radius 1 is 0.600 bits per heavy atom. The standard InChI is InChI=1S/C12H10O3/c13-9-5-2-1-4-8(9)12-10(14)6-3-7-11(12)15/h1-7,13-15H. The van der Waals surface area contributed by atoms with E-state index in [0.29, 0.717) is 5.56 Å². The van der Waals surface area contributed by atoms with E-state index in [1.54, 1.807) is 18.2 Å². The lowest BCUT2D eigenvalue weighted by Crippen LogP contribution is -1.81. The van der Waals surface area contributed by atoms with Gasteiger partial charge in [-0.2, -0.15) is 0 Å². The molecule has 15 heavy (non-hydrogen) atoms. The largest absolute Gasteiger partial charge is 0.507 e. The lowest BCUT2D eigenvalue weighted by molar-refractivity contribution is 0.450. The summed E-state index contributed by atoms with van der Waals surface area (Å²) >= 11 is 0. The molecule has 0 aliphatic rings. The zero-order chi connectivity index (χ0) is 10.8. The van der Waals surface area contributed by atoms with E-state index in [1.807, 2.05) is 0 Å². The summed E-state index contributed by atoms with van der Waals surface area (Å²) in [6.45, 7) is 0. The minimum Gasteiger partial charge on any atom is -0.507 e. The van der Waals surface area contributed by atoms with E-state index in [4.69, 9.17) is 0 Å². The number of phenolic OH excluding ortho intramolecular Hbond substituents is 3. The number of hydrogen-bond acceptors (Lipinski definition) is 3. The molecule has 0 radical (unpaired) electrons. The second-order valence-corrected chi connectivity index (χ2v) is 3.19. The van der Waals surface area contributed by atoms with Crippen molar-refractivity contribution >= 4 is 0 Å². The topological polar surface area (TPSA) is 60.7 Å². The SMILES string of the molecule is Oc1ccccc1-c1c(O)cccc1O. The predicted molar refractivity (Wildman–Crippen MR) is 56.9 cm³/mol. The Morgan fingerprint density at radius 3 is 1.73 bits per heavy atom. The highest BCUT2D eigenvalue weighted by Crippen LogP contribution is 2.40. The van der Waals surface area contributed by atoms with E-state index in [2.05, 4.69) is 0 Å². The average Bonchev–Trinajstić information content (AvgIpc) is 2.20. The van der Waals surface area contributed by atoms with Gasteiger partial charge in [0.2, 0.25) is 0 Å². The smallest absolute Gasteiger partial charge is 0.127 e. The van der Waals surface area contributed by atoms with Crippen molar-refractivity contribution in [2.24, 2.45) is 0 Å². The van der Waals surface area contributed by atoms with Crippen LogP contribution in [0.5, 0.6) is 17.2 Å². The number of aromatic hydroxyl groups is 3. The number of hydrogen-bond donors (Lipinski definition) is 3. The van der Waals surface area contributed by atoms with Crippen molar-refractivity contribution in [1.29, 1.82) is 0 Å². The van der Waals surface area contributed by atoms with Crippen LogP contribution in [0, 0.1) is 0 Å². The Morgan fingerprint density at radius 2 is 1.13 bits per heavy atom. The first-order valence-corrected chi connectivity index (χ1v) is 4.49. The molecule has 0 amide bonds. The van der Waals surface area contributed by atoms with E-state index in [0.717, 1.165) is 0 Å². The van der Waals surface area contributed by atoms with Gasteiger partial charge in [0.25, 0.3) is 0 Å². The van der Waals surface area contributed by atoms with E-state index in [9.17, 15) is 15.3 Å². The highest BCUT2D eigenvalue weighted by atomic mass is 16.3. The molecule has 0 saturated heterocycles. The first-order chi connectivity index (χ1) is 7.20. The summed E-state index contributed by atoms with van der Waals surface area (Å²) in [5.74, 6) is -0.0951. The number of rotatable bonds is 1. The summed E-state index contributed by atoms with van der Waals surface area (Å²) in [5, 5.41) is 28.8. The van der Waals surface area contributed by atoms with Crippen molar-refractivity contribution in [3.63, 3.8) is 0 Å². The number of phenols is 3. The van der Waals surface area contributed by atoms with Gasteiger partial charge in [-0.1, -0.05) is 24.3 Å². The van der Waals surface area contributed by atoms with Crippen molar-refractivity contribution in [2.75, 3.05) is 0 Å². The van der Waals surface area contributed by atoms with Gasteiger partial charge in [-0.3, -0.25) is 0 Å².